The molecule has 2 N–H and O–H groups in total. The Morgan fingerprint density at radius 1 is 1.08 bits per heavy atom. The van der Waals surface area contributed by atoms with E-state index in [-0.39, 0.29) is 23.2 Å². The van der Waals surface area contributed by atoms with Crippen LogP contribution in [0.1, 0.15) is 97.0 Å². The van der Waals surface area contributed by atoms with Crippen molar-refractivity contribution in [3.63, 3.8) is 0 Å². The highest BCUT2D eigenvalue weighted by Crippen LogP contribution is 2.60. The number of ether oxygens (including phenoxy) is 2. The van der Waals surface area contributed by atoms with Gasteiger partial charge in [-0.15, -0.1) is 0 Å². The molecule has 0 radical (unpaired) electrons. The lowest BCUT2D eigenvalue weighted by molar-refractivity contribution is -0.214. The van der Waals surface area contributed by atoms with Gasteiger partial charge in [0.1, 0.15) is 5.60 Å². The molecule has 0 amide bonds. The molecule has 4 atom stereocenters. The highest BCUT2D eigenvalue weighted by molar-refractivity contribution is 5.72. The quantitative estimate of drug-likeness (QED) is 0.396. The second-order valence-electron chi connectivity index (χ2n) is 13.0. The van der Waals surface area contributed by atoms with E-state index in [9.17, 15) is 15.0 Å². The molecular weight excluding hydrogens is 452 g/mol. The maximum atomic E-state index is 13.4. The van der Waals surface area contributed by atoms with Crippen molar-refractivity contribution in [1.29, 1.82) is 0 Å². The summed E-state index contributed by atoms with van der Waals surface area (Å²) in [5.41, 5.74) is -0.372. The topological polar surface area (TPSA) is 76.0 Å². The summed E-state index contributed by atoms with van der Waals surface area (Å²) in [4.78, 5) is 13.4. The van der Waals surface area contributed by atoms with Crippen LogP contribution >= 0.6 is 0 Å². The maximum Gasteiger partial charge on any atom is 0.309 e. The number of esters is 1. The van der Waals surface area contributed by atoms with E-state index in [4.69, 9.17) is 9.47 Å². The molecule has 5 aliphatic rings. The van der Waals surface area contributed by atoms with Crippen LogP contribution in [0.5, 0.6) is 11.5 Å². The van der Waals surface area contributed by atoms with Gasteiger partial charge >= 0.3 is 5.97 Å². The molecule has 0 saturated heterocycles. The lowest BCUT2D eigenvalue weighted by atomic mass is 9.49. The van der Waals surface area contributed by atoms with Crippen LogP contribution in [0.4, 0.5) is 0 Å². The van der Waals surface area contributed by atoms with Crippen molar-refractivity contribution in [2.45, 2.75) is 103 Å². The molecule has 36 heavy (non-hydrogen) atoms. The minimum atomic E-state index is -0.945. The number of aromatic hydroxyl groups is 1. The Kier molecular flexibility index (Phi) is 7.08. The number of hydrogen-bond acceptors (Lipinski definition) is 5. The molecule has 6 rings (SSSR count). The summed E-state index contributed by atoms with van der Waals surface area (Å²) < 4.78 is 11.8. The number of carbonyl (C=O) groups excluding carboxylic acids is 1. The van der Waals surface area contributed by atoms with Crippen molar-refractivity contribution < 1.29 is 24.5 Å². The van der Waals surface area contributed by atoms with Gasteiger partial charge in [0.15, 0.2) is 11.5 Å². The molecule has 5 saturated carbocycles. The first-order chi connectivity index (χ1) is 17.2. The van der Waals surface area contributed by atoms with Crippen LogP contribution in [0.25, 0.3) is 0 Å². The molecule has 0 heterocycles. The van der Waals surface area contributed by atoms with E-state index in [0.717, 1.165) is 43.1 Å². The largest absolute Gasteiger partial charge is 0.504 e. The van der Waals surface area contributed by atoms with Gasteiger partial charge in [0, 0.05) is 0 Å². The molecular formula is C31H46O5. The van der Waals surface area contributed by atoms with Crippen LogP contribution in [-0.4, -0.2) is 28.9 Å². The maximum absolute atomic E-state index is 13.4. The summed E-state index contributed by atoms with van der Waals surface area (Å²) in [6, 6.07) is 5.17. The van der Waals surface area contributed by atoms with Crippen molar-refractivity contribution in [2.24, 2.45) is 41.4 Å². The molecule has 0 spiro atoms. The number of benzene rings is 1. The first-order valence-electron chi connectivity index (χ1n) is 14.5. The second kappa shape index (κ2) is 9.85. The summed E-state index contributed by atoms with van der Waals surface area (Å²) in [5.74, 6) is 3.92. The van der Waals surface area contributed by atoms with Gasteiger partial charge in [0.2, 0.25) is 0 Å². The number of methoxy groups -OCH3 is 1. The zero-order chi connectivity index (χ0) is 25.7. The van der Waals surface area contributed by atoms with Gasteiger partial charge in [-0.25, -0.2) is 0 Å². The molecule has 1 aromatic carbocycles. The molecule has 4 bridgehead atoms. The normalized spacial score (nSPS) is 40.1. The Balaban J connectivity index is 1.21. The Hall–Kier alpha value is -1.75. The lowest BCUT2D eigenvalue weighted by Crippen LogP contribution is -2.59. The minimum absolute atomic E-state index is 0.00767. The van der Waals surface area contributed by atoms with Gasteiger partial charge in [-0.2, -0.15) is 0 Å². The number of aliphatic hydroxyl groups is 1. The Morgan fingerprint density at radius 3 is 2.36 bits per heavy atom. The highest BCUT2D eigenvalue weighted by Gasteiger charge is 2.58. The number of phenolic OH excluding ortho intramolecular Hbond substituents is 1. The van der Waals surface area contributed by atoms with E-state index in [1.807, 2.05) is 13.0 Å². The van der Waals surface area contributed by atoms with Gasteiger partial charge in [-0.3, -0.25) is 4.79 Å². The molecule has 5 aliphatic carbocycles. The van der Waals surface area contributed by atoms with E-state index >= 15 is 0 Å². The summed E-state index contributed by atoms with van der Waals surface area (Å²) in [6.07, 6.45) is 11.5. The average molecular weight is 499 g/mol. The van der Waals surface area contributed by atoms with Gasteiger partial charge in [0.25, 0.3) is 0 Å². The molecule has 0 aromatic heterocycles. The monoisotopic (exact) mass is 498 g/mol. The van der Waals surface area contributed by atoms with Crippen molar-refractivity contribution in [1.82, 2.24) is 0 Å². The first kappa shape index (κ1) is 25.9. The van der Waals surface area contributed by atoms with E-state index in [1.165, 1.54) is 39.2 Å². The molecule has 5 fully saturated rings. The van der Waals surface area contributed by atoms with E-state index in [1.54, 1.807) is 12.1 Å². The third-order valence-electron chi connectivity index (χ3n) is 10.5. The van der Waals surface area contributed by atoms with Gasteiger partial charge in [-0.1, -0.05) is 26.8 Å². The summed E-state index contributed by atoms with van der Waals surface area (Å²) in [5, 5.41) is 21.6. The highest BCUT2D eigenvalue weighted by atomic mass is 16.6. The summed E-state index contributed by atoms with van der Waals surface area (Å²) in [6.45, 7) is 6.46. The number of phenols is 1. The summed E-state index contributed by atoms with van der Waals surface area (Å²) in [7, 11) is 1.53. The smallest absolute Gasteiger partial charge is 0.309 e. The van der Waals surface area contributed by atoms with Gasteiger partial charge < -0.3 is 19.7 Å². The summed E-state index contributed by atoms with van der Waals surface area (Å²) >= 11 is 0. The molecule has 5 heteroatoms. The van der Waals surface area contributed by atoms with Gasteiger partial charge in [0.05, 0.1) is 18.6 Å². The molecule has 5 nitrogen and oxygen atoms in total. The first-order valence-corrected chi connectivity index (χ1v) is 14.5. The third kappa shape index (κ3) is 4.66. The SMILES string of the molecule is CCC1(OC(=O)C(C)CCC2CC(C)CC(O)(c3ccc(O)c(OC)c3)C2)C2CC3CC(C2)CC1C3. The zero-order valence-electron chi connectivity index (χ0n) is 22.7. The minimum Gasteiger partial charge on any atom is -0.504 e. The number of rotatable bonds is 8. The van der Waals surface area contributed by atoms with Crippen molar-refractivity contribution in [3.8, 4) is 11.5 Å². The molecule has 4 unspecified atom stereocenters. The lowest BCUT2D eigenvalue weighted by Gasteiger charge is -2.60. The Labute approximate surface area is 217 Å². The number of carbonyl (C=O) groups is 1. The molecule has 0 aliphatic heterocycles. The van der Waals surface area contributed by atoms with E-state index in [2.05, 4.69) is 13.8 Å². The predicted molar refractivity (Wildman–Crippen MR) is 140 cm³/mol. The van der Waals surface area contributed by atoms with Crippen LogP contribution in [0.3, 0.4) is 0 Å². The van der Waals surface area contributed by atoms with Crippen LogP contribution in [0.2, 0.25) is 0 Å². The molecule has 200 valence electrons. The predicted octanol–water partition coefficient (Wildman–Crippen LogP) is 6.59. The van der Waals surface area contributed by atoms with Crippen LogP contribution in [0.15, 0.2) is 18.2 Å². The van der Waals surface area contributed by atoms with Crippen LogP contribution in [-0.2, 0) is 15.1 Å². The third-order valence-corrected chi connectivity index (χ3v) is 10.5. The fourth-order valence-corrected chi connectivity index (χ4v) is 8.99. The van der Waals surface area contributed by atoms with Crippen molar-refractivity contribution in [2.75, 3.05) is 7.11 Å². The van der Waals surface area contributed by atoms with Crippen LogP contribution in [0, 0.1) is 41.4 Å². The van der Waals surface area contributed by atoms with E-state index in [0.29, 0.717) is 42.3 Å². The average Bonchev–Trinajstić information content (AvgIpc) is 2.84. The van der Waals surface area contributed by atoms with Crippen molar-refractivity contribution in [3.05, 3.63) is 23.8 Å². The second-order valence-corrected chi connectivity index (χ2v) is 13.0. The standard InChI is InChI=1S/C31H46O5/c1-5-31(25-12-22-11-23(14-25)15-26(31)13-22)36-29(33)20(3)6-7-21-10-19(2)17-30(34,18-21)24-8-9-27(32)28(16-24)35-4/h8-9,16,19-23,25-26,32,34H,5-7,10-15,17-18H2,1-4H3. The fourth-order valence-electron chi connectivity index (χ4n) is 8.99. The Bertz CT molecular complexity index is 928. The number of hydrogen-bond donors (Lipinski definition) is 2. The van der Waals surface area contributed by atoms with E-state index < -0.39 is 5.60 Å². The van der Waals surface area contributed by atoms with Gasteiger partial charge in [-0.05, 0) is 124 Å². The zero-order valence-corrected chi connectivity index (χ0v) is 22.7. The molecule has 1 aromatic rings. The fraction of sp³-hybridized carbons (Fsp3) is 0.774. The Morgan fingerprint density at radius 2 is 1.75 bits per heavy atom. The van der Waals surface area contributed by atoms with Crippen molar-refractivity contribution >= 4 is 5.97 Å². The van der Waals surface area contributed by atoms with Crippen LogP contribution < -0.4 is 4.74 Å².